The van der Waals surface area contributed by atoms with Gasteiger partial charge in [0.2, 0.25) is 0 Å². The number of imide groups is 1. The number of rotatable bonds is 3. The Bertz CT molecular complexity index is 1140. The Labute approximate surface area is 162 Å². The van der Waals surface area contributed by atoms with Crippen molar-refractivity contribution in [1.82, 2.24) is 9.72 Å². The Kier molecular flexibility index (Phi) is 3.91. The molecule has 140 valence electrons. The van der Waals surface area contributed by atoms with Crippen LogP contribution in [0.2, 0.25) is 0 Å². The summed E-state index contributed by atoms with van der Waals surface area (Å²) in [5, 5.41) is 2.51. The third kappa shape index (κ3) is 2.43. The number of aryl methyl sites for hydroxylation is 1. The number of nitrogens with one attached hydrogen (secondary N) is 1. The quantitative estimate of drug-likeness (QED) is 0.695. The average molecular weight is 371 g/mol. The molecule has 0 radical (unpaired) electrons. The van der Waals surface area contributed by atoms with Crippen molar-refractivity contribution in [3.05, 3.63) is 77.1 Å². The summed E-state index contributed by atoms with van der Waals surface area (Å²) < 4.78 is 2.17. The highest BCUT2D eigenvalue weighted by Gasteiger charge is 2.37. The van der Waals surface area contributed by atoms with Crippen LogP contribution in [0.3, 0.4) is 0 Å². The third-order valence-electron chi connectivity index (χ3n) is 5.92. The van der Waals surface area contributed by atoms with Gasteiger partial charge in [-0.3, -0.25) is 14.9 Å². The highest BCUT2D eigenvalue weighted by molar-refractivity contribution is 6.50. The molecular weight excluding hydrogens is 350 g/mol. The lowest BCUT2D eigenvalue weighted by Gasteiger charge is -2.22. The fourth-order valence-electron chi connectivity index (χ4n) is 4.60. The molecule has 3 aromatic rings. The molecule has 1 aliphatic carbocycles. The van der Waals surface area contributed by atoms with Crippen molar-refractivity contribution < 1.29 is 9.59 Å². The first kappa shape index (κ1) is 17.0. The van der Waals surface area contributed by atoms with Gasteiger partial charge in [-0.1, -0.05) is 36.4 Å². The molecule has 0 saturated carbocycles. The van der Waals surface area contributed by atoms with Gasteiger partial charge in [0.1, 0.15) is 0 Å². The van der Waals surface area contributed by atoms with Crippen LogP contribution in [0.15, 0.2) is 54.7 Å². The summed E-state index contributed by atoms with van der Waals surface area (Å²) in [6.45, 7) is 0.626. The zero-order chi connectivity index (χ0) is 19.3. The largest absolute Gasteiger partial charge is 0.330 e. The van der Waals surface area contributed by atoms with E-state index in [0.29, 0.717) is 23.6 Å². The molecule has 0 bridgehead atoms. The summed E-state index contributed by atoms with van der Waals surface area (Å²) in [5.74, 6) is -0.260. The second-order valence-corrected chi connectivity index (χ2v) is 7.50. The number of pyridine rings is 1. The summed E-state index contributed by atoms with van der Waals surface area (Å²) in [6, 6.07) is 15.4. The Morgan fingerprint density at radius 1 is 1.00 bits per heavy atom. The first-order valence-corrected chi connectivity index (χ1v) is 9.65. The summed E-state index contributed by atoms with van der Waals surface area (Å²) in [5.41, 5.74) is 11.9. The van der Waals surface area contributed by atoms with Crippen molar-refractivity contribution in [3.8, 4) is 0 Å². The first-order valence-electron chi connectivity index (χ1n) is 9.65. The van der Waals surface area contributed by atoms with Gasteiger partial charge in [0.25, 0.3) is 11.8 Å². The topological polar surface area (TPSA) is 76.6 Å². The summed E-state index contributed by atoms with van der Waals surface area (Å²) in [4.78, 5) is 25.6. The van der Waals surface area contributed by atoms with Gasteiger partial charge in [0.15, 0.2) is 0 Å². The molecule has 0 fully saturated rings. The second-order valence-electron chi connectivity index (χ2n) is 7.50. The fourth-order valence-corrected chi connectivity index (χ4v) is 4.60. The predicted octanol–water partition coefficient (Wildman–Crippen LogP) is 2.57. The van der Waals surface area contributed by atoms with Crippen LogP contribution in [0, 0.1) is 5.92 Å². The lowest BCUT2D eigenvalue weighted by atomic mass is 9.83. The minimum Gasteiger partial charge on any atom is -0.330 e. The minimum absolute atomic E-state index is 0.321. The smallest absolute Gasteiger partial charge is 0.259 e. The molecule has 3 N–H and O–H groups in total. The predicted molar refractivity (Wildman–Crippen MR) is 108 cm³/mol. The van der Waals surface area contributed by atoms with E-state index in [1.54, 1.807) is 0 Å². The van der Waals surface area contributed by atoms with Crippen LogP contribution in [0.25, 0.3) is 16.7 Å². The van der Waals surface area contributed by atoms with Crippen LogP contribution in [-0.4, -0.2) is 22.8 Å². The van der Waals surface area contributed by atoms with Gasteiger partial charge in [-0.25, -0.2) is 0 Å². The number of hydrogen-bond acceptors (Lipinski definition) is 3. The van der Waals surface area contributed by atoms with E-state index in [1.807, 2.05) is 54.7 Å². The molecule has 1 aliphatic heterocycles. The van der Waals surface area contributed by atoms with Crippen LogP contribution < -0.4 is 11.1 Å². The third-order valence-corrected chi connectivity index (χ3v) is 5.92. The average Bonchev–Trinajstić information content (AvgIpc) is 3.20. The standard InChI is InChI=1S/C23H21N3O2/c24-13-14-9-10-17-16(12-14)20(18-8-4-5-11-26(17)18)21-19(22(27)25-23(21)28)15-6-2-1-3-7-15/h1-8,11,14H,9-10,12-13,24H2,(H,25,27,28). The van der Waals surface area contributed by atoms with E-state index in [9.17, 15) is 9.59 Å². The van der Waals surface area contributed by atoms with Gasteiger partial charge < -0.3 is 10.1 Å². The molecule has 28 heavy (non-hydrogen) atoms. The number of carbonyl (C=O) groups is 2. The molecule has 2 aromatic heterocycles. The zero-order valence-corrected chi connectivity index (χ0v) is 15.4. The van der Waals surface area contributed by atoms with Crippen molar-refractivity contribution in [2.75, 3.05) is 6.54 Å². The number of benzene rings is 1. The van der Waals surface area contributed by atoms with Crippen molar-refractivity contribution in [3.63, 3.8) is 0 Å². The lowest BCUT2D eigenvalue weighted by Crippen LogP contribution is -2.24. The van der Waals surface area contributed by atoms with Crippen LogP contribution in [0.1, 0.15) is 28.8 Å². The van der Waals surface area contributed by atoms with Crippen molar-refractivity contribution >= 4 is 28.5 Å². The Hall–Kier alpha value is -3.18. The molecule has 3 heterocycles. The van der Waals surface area contributed by atoms with E-state index in [0.717, 1.165) is 41.5 Å². The van der Waals surface area contributed by atoms with E-state index in [2.05, 4.69) is 9.72 Å². The molecule has 0 saturated heterocycles. The Morgan fingerprint density at radius 3 is 2.54 bits per heavy atom. The number of amides is 2. The van der Waals surface area contributed by atoms with Crippen LogP contribution in [0.5, 0.6) is 0 Å². The van der Waals surface area contributed by atoms with Crippen molar-refractivity contribution in [2.45, 2.75) is 19.3 Å². The minimum atomic E-state index is -0.332. The highest BCUT2D eigenvalue weighted by Crippen LogP contribution is 2.40. The molecule has 5 rings (SSSR count). The molecular formula is C23H21N3O2. The lowest BCUT2D eigenvalue weighted by molar-refractivity contribution is -0.122. The van der Waals surface area contributed by atoms with Crippen LogP contribution >= 0.6 is 0 Å². The van der Waals surface area contributed by atoms with E-state index in [-0.39, 0.29) is 11.8 Å². The van der Waals surface area contributed by atoms with Gasteiger partial charge in [0.05, 0.1) is 16.7 Å². The maximum absolute atomic E-state index is 12.9. The van der Waals surface area contributed by atoms with E-state index < -0.39 is 0 Å². The van der Waals surface area contributed by atoms with E-state index in [1.165, 1.54) is 5.69 Å². The molecule has 0 spiro atoms. The number of nitrogens with two attached hydrogens (primary N) is 1. The normalized spacial score (nSPS) is 19.2. The summed E-state index contributed by atoms with van der Waals surface area (Å²) in [7, 11) is 0. The Morgan fingerprint density at radius 2 is 1.75 bits per heavy atom. The van der Waals surface area contributed by atoms with Gasteiger partial charge in [-0.05, 0) is 55.0 Å². The maximum atomic E-state index is 12.9. The maximum Gasteiger partial charge on any atom is 0.259 e. The summed E-state index contributed by atoms with van der Waals surface area (Å²) >= 11 is 0. The molecule has 2 amide bonds. The van der Waals surface area contributed by atoms with Gasteiger partial charge in [0, 0.05) is 17.5 Å². The first-order chi connectivity index (χ1) is 13.7. The number of fused-ring (bicyclic) bond motifs is 3. The molecule has 2 aliphatic rings. The van der Waals surface area contributed by atoms with Crippen molar-refractivity contribution in [2.24, 2.45) is 11.7 Å². The summed E-state index contributed by atoms with van der Waals surface area (Å²) in [6.07, 6.45) is 4.83. The molecule has 1 aromatic carbocycles. The second kappa shape index (κ2) is 6.46. The van der Waals surface area contributed by atoms with Gasteiger partial charge >= 0.3 is 0 Å². The zero-order valence-electron chi connectivity index (χ0n) is 15.4. The van der Waals surface area contributed by atoms with E-state index >= 15 is 0 Å². The van der Waals surface area contributed by atoms with E-state index in [4.69, 9.17) is 5.73 Å². The number of nitrogens with zero attached hydrogens (tertiary/aromatic N) is 1. The SMILES string of the molecule is NCC1CCc2c(c(C3=C(c4ccccc4)C(=O)NC3=O)c3ccccn23)C1. The van der Waals surface area contributed by atoms with Gasteiger partial charge in [-0.15, -0.1) is 0 Å². The van der Waals surface area contributed by atoms with Crippen LogP contribution in [0.4, 0.5) is 0 Å². The molecule has 1 atom stereocenters. The number of aromatic nitrogens is 1. The molecule has 5 nitrogen and oxygen atoms in total. The van der Waals surface area contributed by atoms with Crippen LogP contribution in [-0.2, 0) is 22.4 Å². The number of hydrogen-bond donors (Lipinski definition) is 2. The molecule has 1 unspecified atom stereocenters. The Balaban J connectivity index is 1.84. The highest BCUT2D eigenvalue weighted by atomic mass is 16.2. The van der Waals surface area contributed by atoms with Crippen molar-refractivity contribution in [1.29, 1.82) is 0 Å². The number of carbonyl (C=O) groups excluding carboxylic acids is 2. The fraction of sp³-hybridized carbons (Fsp3) is 0.217. The van der Waals surface area contributed by atoms with Gasteiger partial charge in [-0.2, -0.15) is 0 Å². The molecule has 5 heteroatoms. The monoisotopic (exact) mass is 371 g/mol.